The van der Waals surface area contributed by atoms with Crippen LogP contribution in [-0.4, -0.2) is 29.9 Å². The molecule has 1 aliphatic heterocycles. The van der Waals surface area contributed by atoms with Gasteiger partial charge in [0.25, 0.3) is 0 Å². The van der Waals surface area contributed by atoms with Crippen molar-refractivity contribution in [3.05, 3.63) is 65.2 Å². The minimum atomic E-state index is 0.242. The normalized spacial score (nSPS) is 15.3. The van der Waals surface area contributed by atoms with E-state index >= 15 is 0 Å². The molecule has 0 bridgehead atoms. The van der Waals surface area contributed by atoms with Crippen molar-refractivity contribution in [2.45, 2.75) is 39.2 Å². The predicted molar refractivity (Wildman–Crippen MR) is 99.3 cm³/mol. The standard InChI is InChI=1S/C21H26N2O/c1-16-12-17(2)14-20(13-16)22-19-8-10-23(11-9-19)21(24)15-18-6-4-3-5-7-18/h3-7,12-14,19,22H,8-11,15H2,1-2H3. The number of aryl methyl sites for hydroxylation is 2. The number of carbonyl (C=O) groups excluding carboxylic acids is 1. The number of carbonyl (C=O) groups is 1. The number of nitrogens with zero attached hydrogens (tertiary/aromatic N) is 1. The second-order valence-corrected chi connectivity index (χ2v) is 6.84. The molecule has 2 aromatic rings. The Morgan fingerprint density at radius 2 is 1.67 bits per heavy atom. The Morgan fingerprint density at radius 1 is 1.04 bits per heavy atom. The van der Waals surface area contributed by atoms with Gasteiger partial charge in [0.1, 0.15) is 0 Å². The topological polar surface area (TPSA) is 32.3 Å². The zero-order valence-corrected chi connectivity index (χ0v) is 14.6. The number of piperidine rings is 1. The third kappa shape index (κ3) is 4.38. The Kier molecular flexibility index (Phi) is 5.19. The molecule has 0 aromatic heterocycles. The van der Waals surface area contributed by atoms with Gasteiger partial charge in [-0.3, -0.25) is 4.79 Å². The number of benzene rings is 2. The lowest BCUT2D eigenvalue weighted by Crippen LogP contribution is -2.43. The monoisotopic (exact) mass is 322 g/mol. The molecule has 3 heteroatoms. The summed E-state index contributed by atoms with van der Waals surface area (Å²) in [5.74, 6) is 0.242. The molecular weight excluding hydrogens is 296 g/mol. The minimum absolute atomic E-state index is 0.242. The molecule has 2 aromatic carbocycles. The van der Waals surface area contributed by atoms with Crippen LogP contribution >= 0.6 is 0 Å². The highest BCUT2D eigenvalue weighted by Crippen LogP contribution is 2.20. The number of nitrogens with one attached hydrogen (secondary N) is 1. The molecule has 1 fully saturated rings. The molecular formula is C21H26N2O. The van der Waals surface area contributed by atoms with Crippen LogP contribution in [0, 0.1) is 13.8 Å². The lowest BCUT2D eigenvalue weighted by molar-refractivity contribution is -0.131. The zero-order chi connectivity index (χ0) is 16.9. The van der Waals surface area contributed by atoms with Crippen LogP contribution in [0.5, 0.6) is 0 Å². The molecule has 1 heterocycles. The molecule has 1 aliphatic rings. The third-order valence-electron chi connectivity index (χ3n) is 4.64. The maximum Gasteiger partial charge on any atom is 0.226 e. The third-order valence-corrected chi connectivity index (χ3v) is 4.64. The SMILES string of the molecule is Cc1cc(C)cc(NC2CCN(C(=O)Cc3ccccc3)CC2)c1. The Bertz CT molecular complexity index is 668. The second-order valence-electron chi connectivity index (χ2n) is 6.84. The van der Waals surface area contributed by atoms with E-state index in [1.165, 1.54) is 16.8 Å². The van der Waals surface area contributed by atoms with Crippen molar-refractivity contribution in [3.8, 4) is 0 Å². The van der Waals surface area contributed by atoms with E-state index in [9.17, 15) is 4.79 Å². The Morgan fingerprint density at radius 3 is 2.29 bits per heavy atom. The van der Waals surface area contributed by atoms with Crippen LogP contribution in [0.1, 0.15) is 29.5 Å². The number of anilines is 1. The molecule has 1 N–H and O–H groups in total. The molecule has 24 heavy (non-hydrogen) atoms. The van der Waals surface area contributed by atoms with Gasteiger partial charge >= 0.3 is 0 Å². The van der Waals surface area contributed by atoms with Gasteiger partial charge in [-0.2, -0.15) is 0 Å². The van der Waals surface area contributed by atoms with Gasteiger partial charge in [-0.15, -0.1) is 0 Å². The maximum absolute atomic E-state index is 12.4. The van der Waals surface area contributed by atoms with E-state index in [1.807, 2.05) is 35.2 Å². The van der Waals surface area contributed by atoms with Crippen molar-refractivity contribution in [2.24, 2.45) is 0 Å². The first-order valence-corrected chi connectivity index (χ1v) is 8.77. The van der Waals surface area contributed by atoms with Crippen molar-refractivity contribution in [3.63, 3.8) is 0 Å². The van der Waals surface area contributed by atoms with Crippen LogP contribution in [0.25, 0.3) is 0 Å². The minimum Gasteiger partial charge on any atom is -0.382 e. The molecule has 1 saturated heterocycles. The van der Waals surface area contributed by atoms with Crippen LogP contribution in [-0.2, 0) is 11.2 Å². The fourth-order valence-corrected chi connectivity index (χ4v) is 3.45. The van der Waals surface area contributed by atoms with Crippen molar-refractivity contribution in [1.29, 1.82) is 0 Å². The molecule has 126 valence electrons. The first kappa shape index (κ1) is 16.6. The van der Waals surface area contributed by atoms with Gasteiger partial charge in [-0.25, -0.2) is 0 Å². The van der Waals surface area contributed by atoms with Gasteiger partial charge in [-0.05, 0) is 55.5 Å². The van der Waals surface area contributed by atoms with E-state index in [1.54, 1.807) is 0 Å². The summed E-state index contributed by atoms with van der Waals surface area (Å²) >= 11 is 0. The summed E-state index contributed by atoms with van der Waals surface area (Å²) in [5, 5.41) is 3.63. The molecule has 0 saturated carbocycles. The fraction of sp³-hybridized carbons (Fsp3) is 0.381. The average Bonchev–Trinajstić information content (AvgIpc) is 2.55. The Hall–Kier alpha value is -2.29. The fourth-order valence-electron chi connectivity index (χ4n) is 3.45. The Balaban J connectivity index is 1.51. The van der Waals surface area contributed by atoms with E-state index in [-0.39, 0.29) is 5.91 Å². The predicted octanol–water partition coefficient (Wildman–Crippen LogP) is 3.95. The molecule has 0 atom stereocenters. The van der Waals surface area contributed by atoms with E-state index in [0.29, 0.717) is 12.5 Å². The highest BCUT2D eigenvalue weighted by Gasteiger charge is 2.22. The maximum atomic E-state index is 12.4. The largest absolute Gasteiger partial charge is 0.382 e. The van der Waals surface area contributed by atoms with Crippen LogP contribution in [0.2, 0.25) is 0 Å². The van der Waals surface area contributed by atoms with Crippen molar-refractivity contribution < 1.29 is 4.79 Å². The van der Waals surface area contributed by atoms with E-state index in [4.69, 9.17) is 0 Å². The van der Waals surface area contributed by atoms with Gasteiger partial charge in [0.15, 0.2) is 0 Å². The smallest absolute Gasteiger partial charge is 0.226 e. The summed E-state index contributed by atoms with van der Waals surface area (Å²) in [6.45, 7) is 5.94. The number of hydrogen-bond donors (Lipinski definition) is 1. The lowest BCUT2D eigenvalue weighted by atomic mass is 10.0. The van der Waals surface area contributed by atoms with Crippen LogP contribution in [0.15, 0.2) is 48.5 Å². The van der Waals surface area contributed by atoms with Gasteiger partial charge in [0.05, 0.1) is 6.42 Å². The lowest BCUT2D eigenvalue weighted by Gasteiger charge is -2.33. The van der Waals surface area contributed by atoms with E-state index < -0.39 is 0 Å². The first-order chi connectivity index (χ1) is 11.6. The van der Waals surface area contributed by atoms with Crippen LogP contribution in [0.3, 0.4) is 0 Å². The molecule has 3 rings (SSSR count). The van der Waals surface area contributed by atoms with E-state index in [0.717, 1.165) is 31.5 Å². The summed E-state index contributed by atoms with van der Waals surface area (Å²) in [6.07, 6.45) is 2.52. The highest BCUT2D eigenvalue weighted by atomic mass is 16.2. The number of amides is 1. The van der Waals surface area contributed by atoms with Crippen molar-refractivity contribution in [2.75, 3.05) is 18.4 Å². The number of rotatable bonds is 4. The zero-order valence-electron chi connectivity index (χ0n) is 14.6. The first-order valence-electron chi connectivity index (χ1n) is 8.77. The average molecular weight is 322 g/mol. The molecule has 0 unspecified atom stereocenters. The molecule has 1 amide bonds. The quantitative estimate of drug-likeness (QED) is 0.924. The van der Waals surface area contributed by atoms with Gasteiger partial charge in [0, 0.05) is 24.8 Å². The summed E-state index contributed by atoms with van der Waals surface area (Å²) in [4.78, 5) is 14.4. The summed E-state index contributed by atoms with van der Waals surface area (Å²) in [7, 11) is 0. The van der Waals surface area contributed by atoms with E-state index in [2.05, 4.69) is 37.4 Å². The van der Waals surface area contributed by atoms with Gasteiger partial charge < -0.3 is 10.2 Å². The van der Waals surface area contributed by atoms with Crippen LogP contribution < -0.4 is 5.32 Å². The van der Waals surface area contributed by atoms with Crippen LogP contribution in [0.4, 0.5) is 5.69 Å². The summed E-state index contributed by atoms with van der Waals surface area (Å²) in [5.41, 5.74) is 4.86. The molecule has 0 spiro atoms. The highest BCUT2D eigenvalue weighted by molar-refractivity contribution is 5.78. The number of hydrogen-bond acceptors (Lipinski definition) is 2. The number of likely N-dealkylation sites (tertiary alicyclic amines) is 1. The van der Waals surface area contributed by atoms with Gasteiger partial charge in [0.2, 0.25) is 5.91 Å². The molecule has 0 radical (unpaired) electrons. The van der Waals surface area contributed by atoms with Crippen molar-refractivity contribution >= 4 is 11.6 Å². The molecule has 0 aliphatic carbocycles. The van der Waals surface area contributed by atoms with Crippen molar-refractivity contribution in [1.82, 2.24) is 4.90 Å². The summed E-state index contributed by atoms with van der Waals surface area (Å²) < 4.78 is 0. The second kappa shape index (κ2) is 7.52. The summed E-state index contributed by atoms with van der Waals surface area (Å²) in [6, 6.07) is 17.0. The Labute approximate surface area is 144 Å². The van der Waals surface area contributed by atoms with Gasteiger partial charge in [-0.1, -0.05) is 36.4 Å². The molecule has 3 nitrogen and oxygen atoms in total.